The summed E-state index contributed by atoms with van der Waals surface area (Å²) in [5, 5.41) is 24.1. The van der Waals surface area contributed by atoms with Crippen LogP contribution in [0.25, 0.3) is 0 Å². The molecule has 0 saturated carbocycles. The van der Waals surface area contributed by atoms with Crippen LogP contribution in [0.15, 0.2) is 46.8 Å². The van der Waals surface area contributed by atoms with Crippen molar-refractivity contribution in [3.63, 3.8) is 0 Å². The zero-order valence-electron chi connectivity index (χ0n) is 16.9. The number of aromatic nitrogens is 2. The molecule has 1 aromatic heterocycles. The van der Waals surface area contributed by atoms with E-state index in [4.69, 9.17) is 9.47 Å². The molecule has 0 unspecified atom stereocenters. The third kappa shape index (κ3) is 5.92. The molecule has 0 fully saturated rings. The molecule has 0 radical (unpaired) electrons. The predicted octanol–water partition coefficient (Wildman–Crippen LogP) is 3.45. The number of thioether (sulfide) groups is 1. The summed E-state index contributed by atoms with van der Waals surface area (Å²) < 4.78 is 10.8. The molecule has 0 spiro atoms. The van der Waals surface area contributed by atoms with E-state index < -0.39 is 10.8 Å². The average Bonchev–Trinajstić information content (AvgIpc) is 3.24. The van der Waals surface area contributed by atoms with Gasteiger partial charge in [-0.05, 0) is 30.3 Å². The zero-order valence-corrected chi connectivity index (χ0v) is 18.5. The highest BCUT2D eigenvalue weighted by molar-refractivity contribution is 8.01. The SMILES string of the molecule is COc1ccc(C(=O)Nc2nnc(SCC(=O)Nc3ccc([N+](=O)[O-])cc3)s2)cc1OC. The Hall–Kier alpha value is -3.71. The van der Waals surface area contributed by atoms with E-state index in [-0.39, 0.29) is 22.5 Å². The number of nitro benzene ring substituents is 1. The van der Waals surface area contributed by atoms with Crippen LogP contribution in [-0.4, -0.2) is 46.9 Å². The lowest BCUT2D eigenvalue weighted by Gasteiger charge is -2.08. The molecule has 2 amide bonds. The van der Waals surface area contributed by atoms with Gasteiger partial charge in [-0.15, -0.1) is 10.2 Å². The van der Waals surface area contributed by atoms with Crippen molar-refractivity contribution in [2.45, 2.75) is 4.34 Å². The van der Waals surface area contributed by atoms with E-state index >= 15 is 0 Å². The Morgan fingerprint density at radius 2 is 1.78 bits per heavy atom. The van der Waals surface area contributed by atoms with Crippen LogP contribution in [-0.2, 0) is 4.79 Å². The normalized spacial score (nSPS) is 10.3. The first kappa shape index (κ1) is 23.0. The molecule has 2 aromatic carbocycles. The molecule has 0 bridgehead atoms. The highest BCUT2D eigenvalue weighted by Crippen LogP contribution is 2.29. The van der Waals surface area contributed by atoms with Crippen molar-refractivity contribution in [2.75, 3.05) is 30.6 Å². The molecule has 0 atom stereocenters. The molecular weight excluding hydrogens is 458 g/mol. The number of ether oxygens (including phenoxy) is 2. The lowest BCUT2D eigenvalue weighted by Crippen LogP contribution is -2.13. The number of anilines is 2. The minimum absolute atomic E-state index is 0.0508. The highest BCUT2D eigenvalue weighted by Gasteiger charge is 2.14. The van der Waals surface area contributed by atoms with Gasteiger partial charge in [0.05, 0.1) is 24.9 Å². The maximum Gasteiger partial charge on any atom is 0.269 e. The second kappa shape index (κ2) is 10.5. The molecule has 166 valence electrons. The molecule has 13 heteroatoms. The largest absolute Gasteiger partial charge is 0.493 e. The molecule has 2 N–H and O–H groups in total. The Morgan fingerprint density at radius 3 is 2.44 bits per heavy atom. The van der Waals surface area contributed by atoms with Crippen molar-refractivity contribution in [3.8, 4) is 11.5 Å². The maximum absolute atomic E-state index is 12.4. The summed E-state index contributed by atoms with van der Waals surface area (Å²) in [4.78, 5) is 34.7. The second-order valence-corrected chi connectivity index (χ2v) is 8.24. The first-order valence-electron chi connectivity index (χ1n) is 8.93. The first-order valence-corrected chi connectivity index (χ1v) is 10.7. The van der Waals surface area contributed by atoms with E-state index in [9.17, 15) is 19.7 Å². The fraction of sp³-hybridized carbons (Fsp3) is 0.158. The van der Waals surface area contributed by atoms with Crippen molar-refractivity contribution in [1.82, 2.24) is 10.2 Å². The van der Waals surface area contributed by atoms with Crippen LogP contribution in [0.3, 0.4) is 0 Å². The Bertz CT molecular complexity index is 1140. The summed E-state index contributed by atoms with van der Waals surface area (Å²) in [6, 6.07) is 10.3. The molecule has 0 aliphatic carbocycles. The quantitative estimate of drug-likeness (QED) is 0.206. The molecule has 3 aromatic rings. The predicted molar refractivity (Wildman–Crippen MR) is 120 cm³/mol. The summed E-state index contributed by atoms with van der Waals surface area (Å²) in [7, 11) is 2.98. The Morgan fingerprint density at radius 1 is 1.06 bits per heavy atom. The number of nitrogens with one attached hydrogen (secondary N) is 2. The lowest BCUT2D eigenvalue weighted by molar-refractivity contribution is -0.384. The number of carbonyl (C=O) groups excluding carboxylic acids is 2. The number of hydrogen-bond donors (Lipinski definition) is 2. The van der Waals surface area contributed by atoms with Crippen molar-refractivity contribution in [3.05, 3.63) is 58.1 Å². The van der Waals surface area contributed by atoms with E-state index in [2.05, 4.69) is 20.8 Å². The summed E-state index contributed by atoms with van der Waals surface area (Å²) in [5.41, 5.74) is 0.741. The topological polar surface area (TPSA) is 146 Å². The molecule has 3 rings (SSSR count). The maximum atomic E-state index is 12.4. The molecule has 0 saturated heterocycles. The number of carbonyl (C=O) groups is 2. The van der Waals surface area contributed by atoms with Gasteiger partial charge in [0.1, 0.15) is 0 Å². The van der Waals surface area contributed by atoms with Crippen molar-refractivity contribution in [1.29, 1.82) is 0 Å². The number of amides is 2. The van der Waals surface area contributed by atoms with Gasteiger partial charge in [-0.25, -0.2) is 0 Å². The molecule has 1 heterocycles. The fourth-order valence-corrected chi connectivity index (χ4v) is 4.00. The standard InChI is InChI=1S/C19H17N5O6S2/c1-29-14-8-3-11(9-15(14)30-2)17(26)21-18-22-23-19(32-18)31-10-16(25)20-12-4-6-13(7-5-12)24(27)28/h3-9H,10H2,1-2H3,(H,20,25)(H,21,22,26). The Labute approximate surface area is 190 Å². The number of benzene rings is 2. The fourth-order valence-electron chi connectivity index (χ4n) is 2.46. The van der Waals surface area contributed by atoms with Crippen LogP contribution in [0, 0.1) is 10.1 Å². The van der Waals surface area contributed by atoms with Gasteiger partial charge in [0, 0.05) is 23.4 Å². The van der Waals surface area contributed by atoms with Gasteiger partial charge in [-0.3, -0.25) is 25.0 Å². The van der Waals surface area contributed by atoms with Gasteiger partial charge < -0.3 is 14.8 Å². The number of hydrogen-bond acceptors (Lipinski definition) is 10. The van der Waals surface area contributed by atoms with Gasteiger partial charge in [0.25, 0.3) is 11.6 Å². The summed E-state index contributed by atoms with van der Waals surface area (Å²) in [6.45, 7) is 0. The van der Waals surface area contributed by atoms with Gasteiger partial charge in [-0.2, -0.15) is 0 Å². The van der Waals surface area contributed by atoms with E-state index in [1.54, 1.807) is 18.2 Å². The third-order valence-corrected chi connectivity index (χ3v) is 5.93. The smallest absolute Gasteiger partial charge is 0.269 e. The van der Waals surface area contributed by atoms with E-state index in [0.717, 1.165) is 23.1 Å². The highest BCUT2D eigenvalue weighted by atomic mass is 32.2. The zero-order chi connectivity index (χ0) is 23.1. The van der Waals surface area contributed by atoms with Gasteiger partial charge >= 0.3 is 0 Å². The molecule has 32 heavy (non-hydrogen) atoms. The van der Waals surface area contributed by atoms with Crippen LogP contribution < -0.4 is 20.1 Å². The van der Waals surface area contributed by atoms with Gasteiger partial charge in [0.2, 0.25) is 11.0 Å². The summed E-state index contributed by atoms with van der Waals surface area (Å²) in [5.74, 6) is 0.276. The van der Waals surface area contributed by atoms with Crippen LogP contribution in [0.1, 0.15) is 10.4 Å². The summed E-state index contributed by atoms with van der Waals surface area (Å²) >= 11 is 2.27. The third-order valence-electron chi connectivity index (χ3n) is 3.96. The van der Waals surface area contributed by atoms with Gasteiger partial charge in [-0.1, -0.05) is 23.1 Å². The number of methoxy groups -OCH3 is 2. The molecule has 0 aliphatic rings. The van der Waals surface area contributed by atoms with Crippen LogP contribution in [0.5, 0.6) is 11.5 Å². The Balaban J connectivity index is 1.52. The number of nitrogens with zero attached hydrogens (tertiary/aromatic N) is 3. The van der Waals surface area contributed by atoms with E-state index in [0.29, 0.717) is 27.1 Å². The van der Waals surface area contributed by atoms with Crippen LogP contribution >= 0.6 is 23.1 Å². The average molecular weight is 476 g/mol. The van der Waals surface area contributed by atoms with E-state index in [1.807, 2.05) is 0 Å². The first-order chi connectivity index (χ1) is 15.4. The summed E-state index contributed by atoms with van der Waals surface area (Å²) in [6.07, 6.45) is 0. The van der Waals surface area contributed by atoms with Crippen LogP contribution in [0.4, 0.5) is 16.5 Å². The van der Waals surface area contributed by atoms with E-state index in [1.165, 1.54) is 38.5 Å². The minimum Gasteiger partial charge on any atom is -0.493 e. The van der Waals surface area contributed by atoms with Crippen LogP contribution in [0.2, 0.25) is 0 Å². The molecule has 0 aliphatic heterocycles. The van der Waals surface area contributed by atoms with Gasteiger partial charge in [0.15, 0.2) is 15.8 Å². The van der Waals surface area contributed by atoms with Crippen molar-refractivity contribution >= 4 is 51.4 Å². The minimum atomic E-state index is -0.515. The lowest BCUT2D eigenvalue weighted by atomic mass is 10.2. The molecule has 11 nitrogen and oxygen atoms in total. The second-order valence-electron chi connectivity index (χ2n) is 6.04. The number of rotatable bonds is 9. The monoisotopic (exact) mass is 475 g/mol. The van der Waals surface area contributed by atoms with Crippen molar-refractivity contribution in [2.24, 2.45) is 0 Å². The number of nitro groups is 1. The number of non-ortho nitro benzene ring substituents is 1. The Kier molecular flexibility index (Phi) is 7.57. The molecular formula is C19H17N5O6S2. The van der Waals surface area contributed by atoms with Crippen molar-refractivity contribution < 1.29 is 24.0 Å².